The van der Waals surface area contributed by atoms with Gasteiger partial charge in [0, 0.05) is 37.9 Å². The van der Waals surface area contributed by atoms with Gasteiger partial charge >= 0.3 is 0 Å². The average molecular weight is 359 g/mol. The van der Waals surface area contributed by atoms with E-state index in [1.54, 1.807) is 6.07 Å². The first-order valence-electron chi connectivity index (χ1n) is 8.89. The fourth-order valence-electron chi connectivity index (χ4n) is 3.24. The fourth-order valence-corrected chi connectivity index (χ4v) is 3.24. The molecule has 0 saturated carbocycles. The van der Waals surface area contributed by atoms with E-state index in [1.165, 1.54) is 0 Å². The summed E-state index contributed by atoms with van der Waals surface area (Å²) in [7, 11) is 0. The Bertz CT molecular complexity index is 822. The second kappa shape index (κ2) is 7.41. The lowest BCUT2D eigenvalue weighted by molar-refractivity contribution is -0.123. The zero-order chi connectivity index (χ0) is 18.8. The molecule has 8 heteroatoms. The first kappa shape index (κ1) is 18.3. The molecule has 1 aliphatic heterocycles. The van der Waals surface area contributed by atoms with Crippen molar-refractivity contribution in [2.24, 2.45) is 0 Å². The Morgan fingerprint density at radius 1 is 1.23 bits per heavy atom. The third-order valence-corrected chi connectivity index (χ3v) is 4.45. The molecule has 2 aromatic rings. The molecule has 0 bridgehead atoms. The van der Waals surface area contributed by atoms with Crippen LogP contribution >= 0.6 is 0 Å². The number of amides is 2. The predicted molar refractivity (Wildman–Crippen MR) is 96.9 cm³/mol. The number of fused-ring (bicyclic) bond motifs is 1. The molecule has 0 unspecified atom stereocenters. The summed E-state index contributed by atoms with van der Waals surface area (Å²) in [6.45, 7) is 10.4. The third-order valence-electron chi connectivity index (χ3n) is 4.45. The molecule has 1 fully saturated rings. The van der Waals surface area contributed by atoms with Crippen molar-refractivity contribution >= 4 is 22.9 Å². The van der Waals surface area contributed by atoms with Crippen molar-refractivity contribution in [2.75, 3.05) is 32.7 Å². The molecule has 8 nitrogen and oxygen atoms in total. The van der Waals surface area contributed by atoms with E-state index >= 15 is 0 Å². The Hall–Kier alpha value is -2.48. The van der Waals surface area contributed by atoms with Crippen molar-refractivity contribution in [3.05, 3.63) is 23.0 Å². The number of carbonyl (C=O) groups excluding carboxylic acids is 2. The van der Waals surface area contributed by atoms with Crippen molar-refractivity contribution in [1.29, 1.82) is 0 Å². The van der Waals surface area contributed by atoms with Crippen LogP contribution in [-0.4, -0.2) is 70.5 Å². The summed E-state index contributed by atoms with van der Waals surface area (Å²) in [6, 6.07) is 1.92. The molecule has 0 atom stereocenters. The summed E-state index contributed by atoms with van der Waals surface area (Å²) in [6.07, 6.45) is 0. The highest BCUT2D eigenvalue weighted by molar-refractivity contribution is 6.06. The molecule has 0 radical (unpaired) electrons. The monoisotopic (exact) mass is 359 g/mol. The molecule has 0 aromatic carbocycles. The van der Waals surface area contributed by atoms with Gasteiger partial charge in [0.1, 0.15) is 0 Å². The van der Waals surface area contributed by atoms with Crippen LogP contribution < -0.4 is 5.32 Å². The minimum atomic E-state index is -0.0434. The van der Waals surface area contributed by atoms with Crippen molar-refractivity contribution < 1.29 is 14.1 Å². The van der Waals surface area contributed by atoms with E-state index in [9.17, 15) is 9.59 Å². The largest absolute Gasteiger partial charge is 0.353 e. The fraction of sp³-hybridized carbons (Fsp3) is 0.556. The maximum Gasteiger partial charge on any atom is 0.258 e. The van der Waals surface area contributed by atoms with Gasteiger partial charge in [-0.05, 0) is 33.8 Å². The minimum absolute atomic E-state index is 0.0198. The first-order chi connectivity index (χ1) is 12.3. The molecule has 140 valence electrons. The van der Waals surface area contributed by atoms with E-state index in [4.69, 9.17) is 4.52 Å². The van der Waals surface area contributed by atoms with E-state index in [2.05, 4.69) is 20.4 Å². The smallest absolute Gasteiger partial charge is 0.258 e. The number of nitrogens with zero attached hydrogens (tertiary/aromatic N) is 4. The summed E-state index contributed by atoms with van der Waals surface area (Å²) >= 11 is 0. The lowest BCUT2D eigenvalue weighted by atomic mass is 10.1. The molecule has 3 rings (SSSR count). The van der Waals surface area contributed by atoms with Crippen molar-refractivity contribution in [3.63, 3.8) is 0 Å². The number of carbonyl (C=O) groups is 2. The number of nitrogens with one attached hydrogen (secondary N) is 1. The Morgan fingerprint density at radius 2 is 1.92 bits per heavy atom. The van der Waals surface area contributed by atoms with Gasteiger partial charge in [0.05, 0.1) is 23.2 Å². The summed E-state index contributed by atoms with van der Waals surface area (Å²) in [4.78, 5) is 33.1. The standard InChI is InChI=1S/C18H25N5O3/c1-11(2)19-15(24)10-22-5-7-23(8-6-22)18(25)14-9-12(3)20-17-16(14)13(4)21-26-17/h9,11H,5-8,10H2,1-4H3,(H,19,24). The Balaban J connectivity index is 1.68. The molecule has 1 aliphatic rings. The van der Waals surface area contributed by atoms with E-state index in [0.717, 1.165) is 5.69 Å². The summed E-state index contributed by atoms with van der Waals surface area (Å²) in [5.74, 6) is -0.0237. The highest BCUT2D eigenvalue weighted by Crippen LogP contribution is 2.23. The Kier molecular flexibility index (Phi) is 5.22. The molecule has 1 saturated heterocycles. The van der Waals surface area contributed by atoms with Crippen LogP contribution in [0.4, 0.5) is 0 Å². The lowest BCUT2D eigenvalue weighted by Gasteiger charge is -2.34. The Labute approximate surface area is 152 Å². The van der Waals surface area contributed by atoms with Crippen molar-refractivity contribution in [3.8, 4) is 0 Å². The van der Waals surface area contributed by atoms with Crippen LogP contribution in [0, 0.1) is 13.8 Å². The number of piperazine rings is 1. The first-order valence-corrected chi connectivity index (χ1v) is 8.89. The molecule has 1 N–H and O–H groups in total. The maximum atomic E-state index is 13.0. The van der Waals surface area contributed by atoms with Gasteiger partial charge < -0.3 is 14.7 Å². The van der Waals surface area contributed by atoms with Crippen molar-refractivity contribution in [2.45, 2.75) is 33.7 Å². The molecular weight excluding hydrogens is 334 g/mol. The minimum Gasteiger partial charge on any atom is -0.353 e. The highest BCUT2D eigenvalue weighted by atomic mass is 16.5. The normalized spacial score (nSPS) is 15.7. The second-order valence-electron chi connectivity index (χ2n) is 7.05. The number of hydrogen-bond acceptors (Lipinski definition) is 6. The van der Waals surface area contributed by atoms with Gasteiger partial charge in [0.15, 0.2) is 0 Å². The molecule has 2 amide bonds. The van der Waals surface area contributed by atoms with Crippen LogP contribution in [0.15, 0.2) is 10.6 Å². The second-order valence-corrected chi connectivity index (χ2v) is 7.05. The van der Waals surface area contributed by atoms with Gasteiger partial charge in [-0.3, -0.25) is 14.5 Å². The number of aryl methyl sites for hydroxylation is 2. The van der Waals surface area contributed by atoms with Gasteiger partial charge in [-0.25, -0.2) is 4.98 Å². The maximum absolute atomic E-state index is 13.0. The van der Waals surface area contributed by atoms with E-state index in [1.807, 2.05) is 32.6 Å². The Morgan fingerprint density at radius 3 is 2.58 bits per heavy atom. The average Bonchev–Trinajstić information content (AvgIpc) is 2.94. The van der Waals surface area contributed by atoms with Crippen LogP contribution in [0.2, 0.25) is 0 Å². The zero-order valence-electron chi connectivity index (χ0n) is 15.7. The zero-order valence-corrected chi connectivity index (χ0v) is 15.7. The summed E-state index contributed by atoms with van der Waals surface area (Å²) in [5.41, 5.74) is 2.37. The number of aromatic nitrogens is 2. The van der Waals surface area contributed by atoms with Gasteiger partial charge in [-0.1, -0.05) is 5.16 Å². The van der Waals surface area contributed by atoms with E-state index in [0.29, 0.717) is 55.1 Å². The van der Waals surface area contributed by atoms with Gasteiger partial charge in [0.25, 0.3) is 11.6 Å². The molecule has 2 aromatic heterocycles. The van der Waals surface area contributed by atoms with E-state index < -0.39 is 0 Å². The van der Waals surface area contributed by atoms with E-state index in [-0.39, 0.29) is 17.9 Å². The van der Waals surface area contributed by atoms with Gasteiger partial charge in [-0.2, -0.15) is 0 Å². The lowest BCUT2D eigenvalue weighted by Crippen LogP contribution is -2.51. The molecular formula is C18H25N5O3. The quantitative estimate of drug-likeness (QED) is 0.880. The van der Waals surface area contributed by atoms with Crippen LogP contribution in [0.1, 0.15) is 35.6 Å². The molecule has 0 aliphatic carbocycles. The SMILES string of the molecule is Cc1cc(C(=O)N2CCN(CC(=O)NC(C)C)CC2)c2c(C)noc2n1. The number of rotatable bonds is 4. The third kappa shape index (κ3) is 3.85. The van der Waals surface area contributed by atoms with Crippen LogP contribution in [0.25, 0.3) is 11.1 Å². The van der Waals surface area contributed by atoms with Crippen molar-refractivity contribution in [1.82, 2.24) is 25.3 Å². The topological polar surface area (TPSA) is 91.6 Å². The van der Waals surface area contributed by atoms with Gasteiger partial charge in [0.2, 0.25) is 5.91 Å². The summed E-state index contributed by atoms with van der Waals surface area (Å²) in [5, 5.41) is 7.51. The number of pyridine rings is 1. The van der Waals surface area contributed by atoms with Crippen LogP contribution in [0.3, 0.4) is 0 Å². The number of hydrogen-bond donors (Lipinski definition) is 1. The van der Waals surface area contributed by atoms with Crippen LogP contribution in [-0.2, 0) is 4.79 Å². The molecule has 0 spiro atoms. The molecule has 3 heterocycles. The molecule has 26 heavy (non-hydrogen) atoms. The summed E-state index contributed by atoms with van der Waals surface area (Å²) < 4.78 is 5.22. The van der Waals surface area contributed by atoms with Gasteiger partial charge in [-0.15, -0.1) is 0 Å². The van der Waals surface area contributed by atoms with Crippen LogP contribution in [0.5, 0.6) is 0 Å². The predicted octanol–water partition coefficient (Wildman–Crippen LogP) is 1.12. The highest BCUT2D eigenvalue weighted by Gasteiger charge is 2.26.